The van der Waals surface area contributed by atoms with Crippen molar-refractivity contribution in [2.75, 3.05) is 22.5 Å². The van der Waals surface area contributed by atoms with Crippen molar-refractivity contribution in [3.05, 3.63) is 99.7 Å². The van der Waals surface area contributed by atoms with Crippen LogP contribution in [0.4, 0.5) is 17.5 Å². The fourth-order valence-electron chi connectivity index (χ4n) is 4.89. The molecule has 5 aromatic rings. The Kier molecular flexibility index (Phi) is 6.66. The predicted molar refractivity (Wildman–Crippen MR) is 152 cm³/mol. The Morgan fingerprint density at radius 2 is 1.79 bits per heavy atom. The Morgan fingerprint density at radius 3 is 2.66 bits per heavy atom. The highest BCUT2D eigenvalue weighted by Gasteiger charge is 2.26. The summed E-state index contributed by atoms with van der Waals surface area (Å²) in [5, 5.41) is 12.5. The molecular formula is C28H25Cl2N7O. The largest absolute Gasteiger partial charge is 0.488 e. The first-order valence-corrected chi connectivity index (χ1v) is 13.0. The highest BCUT2D eigenvalue weighted by Crippen LogP contribution is 2.33. The summed E-state index contributed by atoms with van der Waals surface area (Å²) < 4.78 is 6.24. The molecule has 0 spiro atoms. The molecule has 6 rings (SSSR count). The number of nitrogens with two attached hydrogens (primary N) is 1. The van der Waals surface area contributed by atoms with Gasteiger partial charge in [0, 0.05) is 46.0 Å². The van der Waals surface area contributed by atoms with Crippen LogP contribution in [-0.2, 0) is 19.6 Å². The number of ether oxygens (including phenoxy) is 1. The first-order valence-electron chi connectivity index (χ1n) is 12.2. The lowest BCUT2D eigenvalue weighted by Crippen LogP contribution is -2.42. The van der Waals surface area contributed by atoms with Crippen LogP contribution in [0.3, 0.4) is 0 Å². The summed E-state index contributed by atoms with van der Waals surface area (Å²) in [6.45, 7) is 1.70. The number of benzene rings is 3. The first-order chi connectivity index (χ1) is 18.5. The van der Waals surface area contributed by atoms with Gasteiger partial charge in [0.15, 0.2) is 5.65 Å². The molecule has 1 aliphatic rings. The van der Waals surface area contributed by atoms with Gasteiger partial charge in [-0.3, -0.25) is 5.10 Å². The molecule has 10 heteroatoms. The van der Waals surface area contributed by atoms with Crippen molar-refractivity contribution >= 4 is 51.7 Å². The molecule has 2 aromatic heterocycles. The quantitative estimate of drug-likeness (QED) is 0.235. The molecule has 192 valence electrons. The minimum absolute atomic E-state index is 0.0901. The highest BCUT2D eigenvalue weighted by atomic mass is 35.5. The van der Waals surface area contributed by atoms with Crippen LogP contribution in [0.15, 0.2) is 72.9 Å². The highest BCUT2D eigenvalue weighted by molar-refractivity contribution is 6.35. The normalized spacial score (nSPS) is 14.9. The van der Waals surface area contributed by atoms with Crippen LogP contribution in [-0.4, -0.2) is 32.8 Å². The van der Waals surface area contributed by atoms with E-state index in [1.54, 1.807) is 6.20 Å². The van der Waals surface area contributed by atoms with E-state index in [0.717, 1.165) is 35.2 Å². The van der Waals surface area contributed by atoms with E-state index >= 15 is 0 Å². The molecule has 0 bridgehead atoms. The van der Waals surface area contributed by atoms with Gasteiger partial charge >= 0.3 is 0 Å². The smallest absolute Gasteiger partial charge is 0.224 e. The number of fused-ring (bicyclic) bond motifs is 2. The molecule has 4 N–H and O–H groups in total. The average Bonchev–Trinajstić information content (AvgIpc) is 3.38. The topological polar surface area (TPSA) is 105 Å². The molecular weight excluding hydrogens is 521 g/mol. The zero-order valence-corrected chi connectivity index (χ0v) is 21.9. The van der Waals surface area contributed by atoms with Crippen LogP contribution >= 0.6 is 23.2 Å². The van der Waals surface area contributed by atoms with Gasteiger partial charge in [-0.1, -0.05) is 65.7 Å². The number of anilines is 3. The van der Waals surface area contributed by atoms with Crippen molar-refractivity contribution in [1.82, 2.24) is 20.2 Å². The molecule has 0 radical (unpaired) electrons. The van der Waals surface area contributed by atoms with Gasteiger partial charge in [-0.2, -0.15) is 15.1 Å². The second-order valence-electron chi connectivity index (χ2n) is 9.21. The molecule has 8 nitrogen and oxygen atoms in total. The number of nitrogen functional groups attached to an aromatic ring is 1. The number of aromatic nitrogens is 4. The monoisotopic (exact) mass is 545 g/mol. The van der Waals surface area contributed by atoms with Gasteiger partial charge in [0.25, 0.3) is 0 Å². The van der Waals surface area contributed by atoms with Crippen LogP contribution in [0.2, 0.25) is 10.0 Å². The number of hydrogen-bond donors (Lipinski definition) is 3. The van der Waals surface area contributed by atoms with E-state index in [4.69, 9.17) is 33.7 Å². The van der Waals surface area contributed by atoms with Crippen molar-refractivity contribution in [1.29, 1.82) is 0 Å². The van der Waals surface area contributed by atoms with E-state index in [-0.39, 0.29) is 18.6 Å². The van der Waals surface area contributed by atoms with Crippen molar-refractivity contribution in [3.63, 3.8) is 0 Å². The van der Waals surface area contributed by atoms with Crippen LogP contribution in [0.25, 0.3) is 11.0 Å². The fraction of sp³-hybridized carbons (Fsp3) is 0.179. The van der Waals surface area contributed by atoms with Crippen LogP contribution in [0.1, 0.15) is 16.7 Å². The number of nitrogens with zero attached hydrogens (tertiary/aromatic N) is 4. The van der Waals surface area contributed by atoms with E-state index in [1.165, 1.54) is 11.3 Å². The molecule has 38 heavy (non-hydrogen) atoms. The van der Waals surface area contributed by atoms with Crippen molar-refractivity contribution in [3.8, 4) is 5.75 Å². The summed E-state index contributed by atoms with van der Waals surface area (Å²) in [7, 11) is 0. The standard InChI is InChI=1S/C28H25Cl2N7O/c29-22-8-5-9-23(30)21(22)16-38-25-11-4-2-7-18(25)14-37-15-19(12-17-6-1-3-10-24(17)37)33-26-20-13-32-36-27(20)35-28(31)34-26/h1-11,13,19H,12,14-16H2,(H4,31,32,33,34,35,36). The molecule has 0 fully saturated rings. The lowest BCUT2D eigenvalue weighted by Gasteiger charge is -2.37. The molecule has 3 aromatic carbocycles. The molecule has 1 atom stereocenters. The molecule has 0 saturated carbocycles. The lowest BCUT2D eigenvalue weighted by atomic mass is 9.97. The summed E-state index contributed by atoms with van der Waals surface area (Å²) in [5.41, 5.74) is 10.8. The van der Waals surface area contributed by atoms with E-state index in [0.29, 0.717) is 28.1 Å². The summed E-state index contributed by atoms with van der Waals surface area (Å²) in [4.78, 5) is 11.0. The van der Waals surface area contributed by atoms with Crippen LogP contribution in [0.5, 0.6) is 5.75 Å². The minimum Gasteiger partial charge on any atom is -0.488 e. The maximum absolute atomic E-state index is 6.37. The third-order valence-electron chi connectivity index (χ3n) is 6.67. The fourth-order valence-corrected chi connectivity index (χ4v) is 5.40. The van der Waals surface area contributed by atoms with E-state index in [9.17, 15) is 0 Å². The Bertz CT molecular complexity index is 1590. The third-order valence-corrected chi connectivity index (χ3v) is 7.38. The first kappa shape index (κ1) is 24.3. The maximum atomic E-state index is 6.37. The summed E-state index contributed by atoms with van der Waals surface area (Å²) in [6.07, 6.45) is 2.56. The molecule has 0 aliphatic carbocycles. The van der Waals surface area contributed by atoms with Crippen molar-refractivity contribution in [2.45, 2.75) is 25.6 Å². The number of halogens is 2. The Morgan fingerprint density at radius 1 is 1.00 bits per heavy atom. The molecule has 1 aliphatic heterocycles. The Balaban J connectivity index is 1.26. The van der Waals surface area contributed by atoms with Gasteiger partial charge in [0.1, 0.15) is 18.2 Å². The predicted octanol–water partition coefficient (Wildman–Crippen LogP) is 5.86. The zero-order chi connectivity index (χ0) is 26.1. The van der Waals surface area contributed by atoms with Gasteiger partial charge in [0.05, 0.1) is 11.6 Å². The third kappa shape index (κ3) is 4.92. The SMILES string of the molecule is Nc1nc(NC2Cc3ccccc3N(Cc3ccccc3OCc3c(Cl)cccc3Cl)C2)c2cn[nH]c2n1. The number of nitrogens with one attached hydrogen (secondary N) is 2. The van der Waals surface area contributed by atoms with Crippen LogP contribution in [0, 0.1) is 0 Å². The number of aromatic amines is 1. The zero-order valence-electron chi connectivity index (χ0n) is 20.4. The summed E-state index contributed by atoms with van der Waals surface area (Å²) in [6, 6.07) is 22.1. The summed E-state index contributed by atoms with van der Waals surface area (Å²) in [5.74, 6) is 1.66. The maximum Gasteiger partial charge on any atom is 0.224 e. The van der Waals surface area contributed by atoms with Gasteiger partial charge in [-0.15, -0.1) is 0 Å². The second-order valence-corrected chi connectivity index (χ2v) is 10.0. The number of hydrogen-bond acceptors (Lipinski definition) is 7. The van der Waals surface area contributed by atoms with E-state index < -0.39 is 0 Å². The van der Waals surface area contributed by atoms with E-state index in [1.807, 2.05) is 36.4 Å². The minimum atomic E-state index is 0.0901. The Labute approximate surface area is 229 Å². The van der Waals surface area contributed by atoms with E-state index in [2.05, 4.69) is 60.7 Å². The number of H-pyrrole nitrogens is 1. The molecule has 3 heterocycles. The number of para-hydroxylation sites is 2. The summed E-state index contributed by atoms with van der Waals surface area (Å²) >= 11 is 12.7. The number of rotatable bonds is 7. The van der Waals surface area contributed by atoms with Gasteiger partial charge in [0.2, 0.25) is 5.95 Å². The molecule has 0 saturated heterocycles. The lowest BCUT2D eigenvalue weighted by molar-refractivity contribution is 0.303. The van der Waals surface area contributed by atoms with Gasteiger partial charge in [-0.25, -0.2) is 0 Å². The van der Waals surface area contributed by atoms with Crippen molar-refractivity contribution in [2.24, 2.45) is 0 Å². The van der Waals surface area contributed by atoms with Crippen LogP contribution < -0.4 is 20.7 Å². The average molecular weight is 546 g/mol. The Hall–Kier alpha value is -4.01. The molecule has 1 unspecified atom stereocenters. The van der Waals surface area contributed by atoms with Crippen molar-refractivity contribution < 1.29 is 4.74 Å². The van der Waals surface area contributed by atoms with Gasteiger partial charge in [-0.05, 0) is 36.2 Å². The second kappa shape index (κ2) is 10.4. The van der Waals surface area contributed by atoms with Gasteiger partial charge < -0.3 is 20.7 Å². The molecule has 0 amide bonds.